The van der Waals surface area contributed by atoms with Crippen LogP contribution in [0, 0.1) is 12.3 Å². The Balaban J connectivity index is 2.81. The number of halogens is 1. The van der Waals surface area contributed by atoms with E-state index in [-0.39, 0.29) is 34.8 Å². The van der Waals surface area contributed by atoms with Crippen molar-refractivity contribution in [3.63, 3.8) is 0 Å². The van der Waals surface area contributed by atoms with Crippen LogP contribution < -0.4 is 0 Å². The maximum atomic E-state index is 12.1. The molecule has 0 aromatic rings. The Kier molecular flexibility index (Phi) is 5.02. The zero-order chi connectivity index (χ0) is 13.1. The van der Waals surface area contributed by atoms with Crippen LogP contribution >= 0.6 is 15.9 Å². The van der Waals surface area contributed by atoms with Crippen LogP contribution in [0.2, 0.25) is 0 Å². The Morgan fingerprint density at radius 2 is 2.29 bits per heavy atom. The van der Waals surface area contributed by atoms with Gasteiger partial charge in [0, 0.05) is 6.04 Å². The number of hydrogen-bond donors (Lipinski definition) is 0. The third-order valence-electron chi connectivity index (χ3n) is 2.82. The number of alkyl halides is 1. The molecule has 0 N–H and O–H groups in total. The fraction of sp³-hybridized carbons (Fsp3) is 0.727. The molecule has 4 nitrogen and oxygen atoms in total. The van der Waals surface area contributed by atoms with Crippen molar-refractivity contribution in [3.8, 4) is 12.3 Å². The first-order chi connectivity index (χ1) is 7.91. The van der Waals surface area contributed by atoms with Gasteiger partial charge in [0.1, 0.15) is 0 Å². The van der Waals surface area contributed by atoms with E-state index in [0.29, 0.717) is 12.8 Å². The van der Waals surface area contributed by atoms with Gasteiger partial charge >= 0.3 is 0 Å². The van der Waals surface area contributed by atoms with E-state index in [0.717, 1.165) is 0 Å². The minimum absolute atomic E-state index is 0.0316. The van der Waals surface area contributed by atoms with Crippen molar-refractivity contribution < 1.29 is 13.2 Å². The van der Waals surface area contributed by atoms with E-state index in [9.17, 15) is 13.2 Å². The second-order valence-corrected chi connectivity index (χ2v) is 7.44. The third kappa shape index (κ3) is 3.71. The Morgan fingerprint density at radius 3 is 2.71 bits per heavy atom. The third-order valence-corrected chi connectivity index (χ3v) is 5.61. The van der Waals surface area contributed by atoms with Crippen LogP contribution in [0.25, 0.3) is 0 Å². The monoisotopic (exact) mass is 321 g/mol. The first-order valence-electron chi connectivity index (χ1n) is 5.49. The Bertz CT molecular complexity index is 426. The van der Waals surface area contributed by atoms with Gasteiger partial charge in [0.15, 0.2) is 9.84 Å². The fourth-order valence-electron chi connectivity index (χ4n) is 1.86. The van der Waals surface area contributed by atoms with E-state index in [4.69, 9.17) is 6.42 Å². The number of rotatable bonds is 4. The number of nitrogens with zero attached hydrogens (tertiary/aromatic N) is 1. The summed E-state index contributed by atoms with van der Waals surface area (Å²) in [6.07, 6.45) is 6.37. The maximum Gasteiger partial charge on any atom is 0.237 e. The molecule has 0 aromatic carbocycles. The Labute approximate surface area is 111 Å². The van der Waals surface area contributed by atoms with Gasteiger partial charge in [-0.2, -0.15) is 0 Å². The average Bonchev–Trinajstić information content (AvgIpc) is 2.64. The summed E-state index contributed by atoms with van der Waals surface area (Å²) in [5.41, 5.74) is 0. The summed E-state index contributed by atoms with van der Waals surface area (Å²) in [7, 11) is -3.00. The molecule has 0 aliphatic carbocycles. The van der Waals surface area contributed by atoms with Gasteiger partial charge < -0.3 is 4.90 Å². The molecule has 17 heavy (non-hydrogen) atoms. The van der Waals surface area contributed by atoms with Crippen molar-refractivity contribution in [2.45, 2.75) is 30.6 Å². The first-order valence-corrected chi connectivity index (χ1v) is 8.23. The highest BCUT2D eigenvalue weighted by Crippen LogP contribution is 2.20. The van der Waals surface area contributed by atoms with Crippen molar-refractivity contribution in [2.24, 2.45) is 0 Å². The van der Waals surface area contributed by atoms with E-state index in [2.05, 4.69) is 21.9 Å². The zero-order valence-corrected chi connectivity index (χ0v) is 12.1. The molecule has 0 spiro atoms. The van der Waals surface area contributed by atoms with Crippen molar-refractivity contribution in [1.82, 2.24) is 4.90 Å². The minimum atomic E-state index is -3.00. The van der Waals surface area contributed by atoms with Gasteiger partial charge in [-0.1, -0.05) is 28.8 Å². The summed E-state index contributed by atoms with van der Waals surface area (Å²) < 4.78 is 22.8. The summed E-state index contributed by atoms with van der Waals surface area (Å²) >= 11 is 3.28. The van der Waals surface area contributed by atoms with Crippen LogP contribution in [0.4, 0.5) is 0 Å². The van der Waals surface area contributed by atoms with Crippen molar-refractivity contribution in [2.75, 3.05) is 18.1 Å². The van der Waals surface area contributed by atoms with Gasteiger partial charge in [-0.15, -0.1) is 6.42 Å². The number of sulfone groups is 1. The minimum Gasteiger partial charge on any atom is -0.327 e. The quantitative estimate of drug-likeness (QED) is 0.568. The summed E-state index contributed by atoms with van der Waals surface area (Å²) in [6, 6.07) is -0.268. The molecule has 1 aliphatic heterocycles. The summed E-state index contributed by atoms with van der Waals surface area (Å²) in [4.78, 5) is 13.3. The van der Waals surface area contributed by atoms with Crippen molar-refractivity contribution in [1.29, 1.82) is 0 Å². The number of terminal acetylenes is 1. The molecule has 2 unspecified atom stereocenters. The second kappa shape index (κ2) is 5.87. The Morgan fingerprint density at radius 1 is 1.65 bits per heavy atom. The molecular formula is C11H16BrNO3S. The standard InChI is InChI=1S/C11H16BrNO3S/c1-3-6-13(11(14)10(12)4-2)9-5-7-17(15,16)8-9/h1,9-10H,4-8H2,2H3. The highest BCUT2D eigenvalue weighted by atomic mass is 79.9. The van der Waals surface area contributed by atoms with Gasteiger partial charge in [0.05, 0.1) is 22.9 Å². The summed E-state index contributed by atoms with van der Waals surface area (Å²) in [6.45, 7) is 2.05. The predicted molar refractivity (Wildman–Crippen MR) is 70.6 cm³/mol. The van der Waals surface area contributed by atoms with Gasteiger partial charge in [0.2, 0.25) is 5.91 Å². The molecule has 6 heteroatoms. The second-order valence-electron chi connectivity index (χ2n) is 4.10. The molecule has 1 fully saturated rings. The van der Waals surface area contributed by atoms with E-state index >= 15 is 0 Å². The fourth-order valence-corrected chi connectivity index (χ4v) is 3.85. The highest BCUT2D eigenvalue weighted by molar-refractivity contribution is 9.10. The lowest BCUT2D eigenvalue weighted by atomic mass is 10.2. The van der Waals surface area contributed by atoms with E-state index < -0.39 is 9.84 Å². The molecule has 0 aromatic heterocycles. The lowest BCUT2D eigenvalue weighted by molar-refractivity contribution is -0.131. The van der Waals surface area contributed by atoms with Crippen LogP contribution in [0.3, 0.4) is 0 Å². The zero-order valence-electron chi connectivity index (χ0n) is 9.73. The molecule has 1 heterocycles. The number of carbonyl (C=O) groups is 1. The molecule has 1 rings (SSSR count). The van der Waals surface area contributed by atoms with Crippen molar-refractivity contribution in [3.05, 3.63) is 0 Å². The van der Waals surface area contributed by atoms with E-state index in [1.807, 2.05) is 6.92 Å². The normalized spacial score (nSPS) is 23.9. The molecule has 0 radical (unpaired) electrons. The topological polar surface area (TPSA) is 54.5 Å². The highest BCUT2D eigenvalue weighted by Gasteiger charge is 2.35. The molecule has 96 valence electrons. The van der Waals surface area contributed by atoms with E-state index in [1.165, 1.54) is 4.90 Å². The van der Waals surface area contributed by atoms with Crippen LogP contribution in [0.5, 0.6) is 0 Å². The SMILES string of the molecule is C#CCN(C(=O)C(Br)CC)C1CCS(=O)(=O)C1. The molecule has 1 amide bonds. The summed E-state index contributed by atoms with van der Waals surface area (Å²) in [5.74, 6) is 2.48. The first kappa shape index (κ1) is 14.5. The van der Waals surface area contributed by atoms with Crippen LogP contribution in [-0.2, 0) is 14.6 Å². The van der Waals surface area contributed by atoms with Crippen molar-refractivity contribution >= 4 is 31.7 Å². The Hall–Kier alpha value is -0.540. The molecule has 1 aliphatic rings. The maximum absolute atomic E-state index is 12.1. The molecule has 0 saturated carbocycles. The number of amides is 1. The molecule has 2 atom stereocenters. The van der Waals surface area contributed by atoms with Gasteiger partial charge in [0.25, 0.3) is 0 Å². The van der Waals surface area contributed by atoms with E-state index in [1.54, 1.807) is 0 Å². The summed E-state index contributed by atoms with van der Waals surface area (Å²) in [5, 5.41) is 0. The average molecular weight is 322 g/mol. The molecule has 0 bridgehead atoms. The van der Waals surface area contributed by atoms with Crippen LogP contribution in [0.1, 0.15) is 19.8 Å². The molecular weight excluding hydrogens is 306 g/mol. The van der Waals surface area contributed by atoms with Crippen LogP contribution in [0.15, 0.2) is 0 Å². The smallest absolute Gasteiger partial charge is 0.237 e. The lowest BCUT2D eigenvalue weighted by Crippen LogP contribution is -2.44. The van der Waals surface area contributed by atoms with Crippen LogP contribution in [-0.4, -0.2) is 48.1 Å². The number of carbonyl (C=O) groups excluding carboxylic acids is 1. The largest absolute Gasteiger partial charge is 0.327 e. The molecule has 1 saturated heterocycles. The van der Waals surface area contributed by atoms with Gasteiger partial charge in [-0.05, 0) is 12.8 Å². The van der Waals surface area contributed by atoms with Gasteiger partial charge in [-0.25, -0.2) is 8.42 Å². The number of hydrogen-bond acceptors (Lipinski definition) is 3. The predicted octanol–water partition coefficient (Wildman–Crippen LogP) is 0.809. The lowest BCUT2D eigenvalue weighted by Gasteiger charge is -2.28. The van der Waals surface area contributed by atoms with Gasteiger partial charge in [-0.3, -0.25) is 4.79 Å².